The minimum atomic E-state index is -1.13. The second-order valence-corrected chi connectivity index (χ2v) is 9.36. The molecule has 1 rings (SSSR count). The molecule has 0 atom stereocenters. The van der Waals surface area contributed by atoms with E-state index in [0.717, 1.165) is 0 Å². The maximum atomic E-state index is 10.1. The summed E-state index contributed by atoms with van der Waals surface area (Å²) < 4.78 is 0. The number of carboxylic acid groups (broad SMARTS) is 1. The fourth-order valence-corrected chi connectivity index (χ4v) is 2.59. The fourth-order valence-electron chi connectivity index (χ4n) is 1.25. The first-order chi connectivity index (χ1) is 7.99. The van der Waals surface area contributed by atoms with Crippen LogP contribution in [0, 0.1) is 0 Å². The van der Waals surface area contributed by atoms with E-state index in [4.69, 9.17) is 0 Å². The molecule has 0 radical (unpaired) electrons. The average molecular weight is 254 g/mol. The number of benzene rings is 1. The summed E-state index contributed by atoms with van der Waals surface area (Å²) in [6.45, 7) is 9.43. The van der Waals surface area contributed by atoms with E-state index < -0.39 is 13.2 Å². The molecule has 0 unspecified atom stereocenters. The Balaban J connectivity index is 0.000000304. The number of aromatic carboxylic acids is 1. The lowest BCUT2D eigenvalue weighted by molar-refractivity contribution is -0.255. The van der Waals surface area contributed by atoms with Crippen LogP contribution in [0.5, 0.6) is 0 Å². The van der Waals surface area contributed by atoms with Crippen LogP contribution in [-0.2, 0) is 0 Å². The van der Waals surface area contributed by atoms with Gasteiger partial charge >= 0.3 is 0 Å². The van der Waals surface area contributed by atoms with Crippen molar-refractivity contribution in [3.63, 3.8) is 0 Å². The normalized spacial score (nSPS) is 10.4. The van der Waals surface area contributed by atoms with Crippen molar-refractivity contribution < 1.29 is 9.90 Å². The van der Waals surface area contributed by atoms with Crippen LogP contribution < -0.4 is 5.11 Å². The molecule has 0 aromatic heterocycles. The summed E-state index contributed by atoms with van der Waals surface area (Å²) in [7, 11) is -0.412. The first kappa shape index (κ1) is 16.1. The molecule has 0 aliphatic rings. The van der Waals surface area contributed by atoms with Crippen molar-refractivity contribution in [2.75, 3.05) is 25.2 Å². The zero-order valence-electron chi connectivity index (χ0n) is 11.3. The molecule has 17 heavy (non-hydrogen) atoms. The van der Waals surface area contributed by atoms with Crippen molar-refractivity contribution in [3.05, 3.63) is 35.9 Å². The lowest BCUT2D eigenvalue weighted by atomic mass is 10.2. The molecule has 0 saturated heterocycles. The number of carboxylic acids is 1. The van der Waals surface area contributed by atoms with Crippen LogP contribution in [0.4, 0.5) is 0 Å². The molecule has 1 aromatic rings. The third-order valence-electron chi connectivity index (χ3n) is 3.30. The Hall–Kier alpha value is -0.880. The Bertz CT molecular complexity index is 310. The summed E-state index contributed by atoms with van der Waals surface area (Å²) >= 11 is 0. The van der Waals surface area contributed by atoms with E-state index >= 15 is 0 Å². The van der Waals surface area contributed by atoms with E-state index in [-0.39, 0.29) is 5.56 Å². The summed E-state index contributed by atoms with van der Waals surface area (Å²) in [6.07, 6.45) is 4.29. The van der Waals surface area contributed by atoms with Gasteiger partial charge in [-0.1, -0.05) is 30.3 Å². The summed E-state index contributed by atoms with van der Waals surface area (Å²) in [5.41, 5.74) is 0.220. The molecule has 0 fully saturated rings. The van der Waals surface area contributed by atoms with Crippen molar-refractivity contribution in [2.45, 2.75) is 20.8 Å². The summed E-state index contributed by atoms with van der Waals surface area (Å²) in [5.74, 6) is -1.13. The number of hydrogen-bond acceptors (Lipinski definition) is 2. The SMILES string of the molecule is CC[P+](C)(CC)CC.O=C([O-])c1ccccc1. The van der Waals surface area contributed by atoms with Crippen LogP contribution in [0.25, 0.3) is 0 Å². The molecule has 0 saturated carbocycles. The molecular formula is C14H23O2P. The maximum absolute atomic E-state index is 10.1. The number of carbonyl (C=O) groups is 1. The van der Waals surface area contributed by atoms with Gasteiger partial charge in [0.1, 0.15) is 0 Å². The molecule has 0 bridgehead atoms. The van der Waals surface area contributed by atoms with Gasteiger partial charge in [0.15, 0.2) is 0 Å². The summed E-state index contributed by atoms with van der Waals surface area (Å²) in [6, 6.07) is 8.06. The van der Waals surface area contributed by atoms with Gasteiger partial charge in [0, 0.05) is 13.9 Å². The van der Waals surface area contributed by atoms with Gasteiger partial charge in [-0.25, -0.2) is 0 Å². The molecule has 0 amide bonds. The van der Waals surface area contributed by atoms with Gasteiger partial charge in [0.2, 0.25) is 0 Å². The minimum absolute atomic E-state index is 0.220. The van der Waals surface area contributed by atoms with E-state index in [2.05, 4.69) is 27.4 Å². The third-order valence-corrected chi connectivity index (χ3v) is 7.88. The quantitative estimate of drug-likeness (QED) is 0.775. The van der Waals surface area contributed by atoms with Crippen molar-refractivity contribution in [2.24, 2.45) is 0 Å². The van der Waals surface area contributed by atoms with E-state index in [1.54, 1.807) is 18.2 Å². The molecule has 1 aromatic carbocycles. The zero-order chi connectivity index (χ0) is 13.3. The molecule has 0 spiro atoms. The monoisotopic (exact) mass is 254 g/mol. The topological polar surface area (TPSA) is 40.1 Å². The number of carbonyl (C=O) groups excluding carboxylic acids is 1. The highest BCUT2D eigenvalue weighted by Crippen LogP contribution is 2.53. The summed E-state index contributed by atoms with van der Waals surface area (Å²) in [5, 5.41) is 10.1. The second kappa shape index (κ2) is 8.25. The van der Waals surface area contributed by atoms with Crippen LogP contribution >= 0.6 is 7.26 Å². The van der Waals surface area contributed by atoms with Crippen LogP contribution in [-0.4, -0.2) is 31.1 Å². The van der Waals surface area contributed by atoms with Crippen LogP contribution in [0.3, 0.4) is 0 Å². The van der Waals surface area contributed by atoms with Gasteiger partial charge in [-0.2, -0.15) is 0 Å². The molecule has 0 aliphatic heterocycles. The molecule has 2 nitrogen and oxygen atoms in total. The maximum Gasteiger partial charge on any atom is 0.0715 e. The highest BCUT2D eigenvalue weighted by Gasteiger charge is 2.22. The van der Waals surface area contributed by atoms with Crippen LogP contribution in [0.1, 0.15) is 31.1 Å². The Morgan fingerprint density at radius 2 is 1.47 bits per heavy atom. The molecule has 96 valence electrons. The van der Waals surface area contributed by atoms with Gasteiger partial charge in [-0.15, -0.1) is 0 Å². The van der Waals surface area contributed by atoms with E-state index in [1.165, 1.54) is 30.6 Å². The first-order valence-corrected chi connectivity index (χ1v) is 8.88. The fraction of sp³-hybridized carbons (Fsp3) is 0.500. The first-order valence-electron chi connectivity index (χ1n) is 6.09. The third kappa shape index (κ3) is 6.43. The molecule has 0 aliphatic carbocycles. The Kier molecular flexibility index (Phi) is 7.82. The van der Waals surface area contributed by atoms with Crippen molar-refractivity contribution in [1.29, 1.82) is 0 Å². The minimum Gasteiger partial charge on any atom is -0.545 e. The van der Waals surface area contributed by atoms with E-state index in [9.17, 15) is 9.90 Å². The average Bonchev–Trinajstić information content (AvgIpc) is 2.39. The predicted octanol–water partition coefficient (Wildman–Crippen LogP) is 2.74. The predicted molar refractivity (Wildman–Crippen MR) is 75.2 cm³/mol. The van der Waals surface area contributed by atoms with Gasteiger partial charge in [0.05, 0.1) is 24.5 Å². The van der Waals surface area contributed by atoms with Gasteiger partial charge in [-0.3, -0.25) is 0 Å². The number of hydrogen-bond donors (Lipinski definition) is 0. The molecular weight excluding hydrogens is 231 g/mol. The highest BCUT2D eigenvalue weighted by molar-refractivity contribution is 7.75. The van der Waals surface area contributed by atoms with E-state index in [0.29, 0.717) is 0 Å². The molecule has 0 N–H and O–H groups in total. The van der Waals surface area contributed by atoms with E-state index in [1.807, 2.05) is 0 Å². The molecule has 0 heterocycles. The van der Waals surface area contributed by atoms with Crippen molar-refractivity contribution in [3.8, 4) is 0 Å². The summed E-state index contributed by atoms with van der Waals surface area (Å²) in [4.78, 5) is 10.1. The van der Waals surface area contributed by atoms with Crippen molar-refractivity contribution in [1.82, 2.24) is 0 Å². The number of rotatable bonds is 4. The Morgan fingerprint density at radius 1 is 1.06 bits per heavy atom. The van der Waals surface area contributed by atoms with Crippen LogP contribution in [0.2, 0.25) is 0 Å². The van der Waals surface area contributed by atoms with Gasteiger partial charge in [-0.05, 0) is 26.3 Å². The lowest BCUT2D eigenvalue weighted by Gasteiger charge is -2.16. The van der Waals surface area contributed by atoms with Crippen molar-refractivity contribution >= 4 is 13.2 Å². The lowest BCUT2D eigenvalue weighted by Crippen LogP contribution is -2.21. The standard InChI is InChI=1S/C7H6O2.C7H18P/c8-7(9)6-4-2-1-3-5-6;1-5-8(4,6-2)7-3/h1-5H,(H,8,9);5-7H2,1-4H3/q;+1/p-1. The highest BCUT2D eigenvalue weighted by atomic mass is 31.2. The van der Waals surface area contributed by atoms with Gasteiger partial charge in [0.25, 0.3) is 0 Å². The Morgan fingerprint density at radius 3 is 1.65 bits per heavy atom. The van der Waals surface area contributed by atoms with Gasteiger partial charge < -0.3 is 9.90 Å². The molecule has 3 heteroatoms. The van der Waals surface area contributed by atoms with Crippen LogP contribution in [0.15, 0.2) is 30.3 Å². The second-order valence-electron chi connectivity index (χ2n) is 4.22. The largest absolute Gasteiger partial charge is 0.545 e. The Labute approximate surface area is 105 Å². The zero-order valence-corrected chi connectivity index (χ0v) is 12.2. The smallest absolute Gasteiger partial charge is 0.0715 e.